The Morgan fingerprint density at radius 2 is 2.20 bits per heavy atom. The van der Waals surface area contributed by atoms with E-state index < -0.39 is 15.8 Å². The van der Waals surface area contributed by atoms with Crippen LogP contribution in [-0.2, 0) is 23.6 Å². The SMILES string of the molecule is Cn1cc(S(=O)(=O)NCc2ccc(F)c(Cl)c2)c(N)n1. The van der Waals surface area contributed by atoms with Crippen LogP contribution in [0.1, 0.15) is 5.56 Å². The lowest BCUT2D eigenvalue weighted by molar-refractivity contribution is 0.581. The van der Waals surface area contributed by atoms with Gasteiger partial charge in [-0.05, 0) is 17.7 Å². The molecule has 1 aromatic carbocycles. The lowest BCUT2D eigenvalue weighted by Crippen LogP contribution is -2.23. The first-order valence-corrected chi connectivity index (χ1v) is 7.38. The molecule has 3 N–H and O–H groups in total. The maximum Gasteiger partial charge on any atom is 0.246 e. The van der Waals surface area contributed by atoms with E-state index in [1.165, 1.54) is 29.1 Å². The number of nitrogen functional groups attached to an aromatic ring is 1. The van der Waals surface area contributed by atoms with Crippen LogP contribution in [0.5, 0.6) is 0 Å². The Kier molecular flexibility index (Phi) is 3.98. The smallest absolute Gasteiger partial charge is 0.246 e. The van der Waals surface area contributed by atoms with Crippen LogP contribution in [0.3, 0.4) is 0 Å². The van der Waals surface area contributed by atoms with E-state index >= 15 is 0 Å². The van der Waals surface area contributed by atoms with Crippen LogP contribution in [0.15, 0.2) is 29.3 Å². The van der Waals surface area contributed by atoms with Gasteiger partial charge in [-0.2, -0.15) is 5.10 Å². The number of hydrogen-bond acceptors (Lipinski definition) is 4. The number of benzene rings is 1. The molecule has 0 aliphatic carbocycles. The molecule has 0 bridgehead atoms. The Bertz CT molecular complexity index is 745. The molecule has 0 aliphatic rings. The van der Waals surface area contributed by atoms with Crippen LogP contribution in [-0.4, -0.2) is 18.2 Å². The molecule has 20 heavy (non-hydrogen) atoms. The van der Waals surface area contributed by atoms with Gasteiger partial charge in [-0.25, -0.2) is 17.5 Å². The van der Waals surface area contributed by atoms with E-state index in [9.17, 15) is 12.8 Å². The normalized spacial score (nSPS) is 11.8. The zero-order valence-corrected chi connectivity index (χ0v) is 12.0. The molecule has 0 radical (unpaired) electrons. The quantitative estimate of drug-likeness (QED) is 0.888. The summed E-state index contributed by atoms with van der Waals surface area (Å²) < 4.78 is 40.7. The maximum atomic E-state index is 13.0. The number of hydrogen-bond donors (Lipinski definition) is 2. The Morgan fingerprint density at radius 3 is 2.75 bits per heavy atom. The van der Waals surface area contributed by atoms with Crippen molar-refractivity contribution in [2.45, 2.75) is 11.4 Å². The first-order valence-electron chi connectivity index (χ1n) is 5.52. The molecule has 6 nitrogen and oxygen atoms in total. The van der Waals surface area contributed by atoms with Gasteiger partial charge in [0, 0.05) is 19.8 Å². The Hall–Kier alpha value is -1.64. The predicted octanol–water partition coefficient (Wildman–Crippen LogP) is 1.27. The highest BCUT2D eigenvalue weighted by atomic mass is 35.5. The molecule has 2 rings (SSSR count). The second-order valence-electron chi connectivity index (χ2n) is 4.13. The molecule has 2 aromatic rings. The molecule has 0 unspecified atom stereocenters. The Morgan fingerprint density at radius 1 is 1.50 bits per heavy atom. The number of nitrogens with two attached hydrogens (primary N) is 1. The summed E-state index contributed by atoms with van der Waals surface area (Å²) in [6.07, 6.45) is 1.30. The molecule has 0 aliphatic heterocycles. The zero-order valence-electron chi connectivity index (χ0n) is 10.5. The predicted molar refractivity (Wildman–Crippen MR) is 73.1 cm³/mol. The van der Waals surface area contributed by atoms with E-state index in [2.05, 4.69) is 9.82 Å². The molecular formula is C11H12ClFN4O2S. The third-order valence-electron chi connectivity index (χ3n) is 2.56. The molecule has 0 spiro atoms. The minimum absolute atomic E-state index is 0.0311. The second-order valence-corrected chi connectivity index (χ2v) is 6.27. The van der Waals surface area contributed by atoms with Gasteiger partial charge in [-0.15, -0.1) is 0 Å². The van der Waals surface area contributed by atoms with Gasteiger partial charge in [0.25, 0.3) is 0 Å². The van der Waals surface area contributed by atoms with Crippen LogP contribution in [0, 0.1) is 5.82 Å². The number of nitrogens with one attached hydrogen (secondary N) is 1. The molecule has 108 valence electrons. The minimum atomic E-state index is -3.79. The summed E-state index contributed by atoms with van der Waals surface area (Å²) >= 11 is 5.62. The lowest BCUT2D eigenvalue weighted by Gasteiger charge is -2.06. The minimum Gasteiger partial charge on any atom is -0.381 e. The highest BCUT2D eigenvalue weighted by Gasteiger charge is 2.20. The zero-order chi connectivity index (χ0) is 14.9. The summed E-state index contributed by atoms with van der Waals surface area (Å²) in [5.41, 5.74) is 6.05. The average Bonchev–Trinajstić information content (AvgIpc) is 2.71. The summed E-state index contributed by atoms with van der Waals surface area (Å²) in [5.74, 6) is -0.646. The van der Waals surface area contributed by atoms with Crippen molar-refractivity contribution in [3.05, 3.63) is 40.8 Å². The van der Waals surface area contributed by atoms with Gasteiger partial charge in [0.1, 0.15) is 10.7 Å². The largest absolute Gasteiger partial charge is 0.381 e. The summed E-state index contributed by atoms with van der Waals surface area (Å²) in [4.78, 5) is -0.104. The number of anilines is 1. The maximum absolute atomic E-state index is 13.0. The number of halogens is 2. The number of sulfonamides is 1. The molecular weight excluding hydrogens is 307 g/mol. The van der Waals surface area contributed by atoms with Gasteiger partial charge >= 0.3 is 0 Å². The number of aromatic nitrogens is 2. The summed E-state index contributed by atoms with van der Waals surface area (Å²) in [6.45, 7) is -0.0311. The molecule has 1 heterocycles. The fraction of sp³-hybridized carbons (Fsp3) is 0.182. The molecule has 0 atom stereocenters. The fourth-order valence-corrected chi connectivity index (χ4v) is 2.92. The first kappa shape index (κ1) is 14.8. The van der Waals surface area contributed by atoms with Crippen molar-refractivity contribution in [2.24, 2.45) is 7.05 Å². The topological polar surface area (TPSA) is 90.0 Å². The van der Waals surface area contributed by atoms with E-state index in [-0.39, 0.29) is 22.3 Å². The van der Waals surface area contributed by atoms with Crippen LogP contribution in [0.25, 0.3) is 0 Å². The van der Waals surface area contributed by atoms with Crippen molar-refractivity contribution < 1.29 is 12.8 Å². The summed E-state index contributed by atoms with van der Waals surface area (Å²) in [5, 5.41) is 3.70. The van der Waals surface area contributed by atoms with Crippen LogP contribution < -0.4 is 10.5 Å². The van der Waals surface area contributed by atoms with Gasteiger partial charge in [0.15, 0.2) is 5.82 Å². The summed E-state index contributed by atoms with van der Waals surface area (Å²) in [6, 6.07) is 3.97. The van der Waals surface area contributed by atoms with Crippen LogP contribution in [0.4, 0.5) is 10.2 Å². The Labute approximate surface area is 120 Å². The molecule has 0 fully saturated rings. The first-order chi connectivity index (χ1) is 9.29. The van der Waals surface area contributed by atoms with Crippen molar-refractivity contribution in [2.75, 3.05) is 5.73 Å². The van der Waals surface area contributed by atoms with E-state index in [0.29, 0.717) is 5.56 Å². The average molecular weight is 319 g/mol. The number of rotatable bonds is 4. The van der Waals surface area contributed by atoms with Crippen LogP contribution >= 0.6 is 11.6 Å². The van der Waals surface area contributed by atoms with E-state index in [0.717, 1.165) is 0 Å². The lowest BCUT2D eigenvalue weighted by atomic mass is 10.2. The molecule has 9 heteroatoms. The standard InChI is InChI=1S/C11H12ClFN4O2S/c1-17-6-10(11(14)16-17)20(18,19)15-5-7-2-3-9(13)8(12)4-7/h2-4,6,15H,5H2,1H3,(H2,14,16). The van der Waals surface area contributed by atoms with Crippen molar-refractivity contribution in [3.63, 3.8) is 0 Å². The van der Waals surface area contributed by atoms with E-state index in [4.69, 9.17) is 17.3 Å². The monoisotopic (exact) mass is 318 g/mol. The van der Waals surface area contributed by atoms with Crippen LogP contribution in [0.2, 0.25) is 5.02 Å². The molecule has 0 saturated heterocycles. The van der Waals surface area contributed by atoms with E-state index in [1.54, 1.807) is 7.05 Å². The third kappa shape index (κ3) is 3.09. The highest BCUT2D eigenvalue weighted by Crippen LogP contribution is 2.18. The van der Waals surface area contributed by atoms with Crippen molar-refractivity contribution in [1.29, 1.82) is 0 Å². The number of nitrogens with zero attached hydrogens (tertiary/aromatic N) is 2. The highest BCUT2D eigenvalue weighted by molar-refractivity contribution is 7.89. The van der Waals surface area contributed by atoms with Gasteiger partial charge in [0.2, 0.25) is 10.0 Å². The van der Waals surface area contributed by atoms with Gasteiger partial charge in [-0.1, -0.05) is 17.7 Å². The number of aryl methyl sites for hydroxylation is 1. The summed E-state index contributed by atoms with van der Waals surface area (Å²) in [7, 11) is -2.22. The molecule has 0 amide bonds. The van der Waals surface area contributed by atoms with Crippen molar-refractivity contribution in [1.82, 2.24) is 14.5 Å². The van der Waals surface area contributed by atoms with E-state index in [1.807, 2.05) is 0 Å². The van der Waals surface area contributed by atoms with Crippen molar-refractivity contribution >= 4 is 27.4 Å². The third-order valence-corrected chi connectivity index (χ3v) is 4.27. The fourth-order valence-electron chi connectivity index (χ4n) is 1.60. The molecule has 1 aromatic heterocycles. The van der Waals surface area contributed by atoms with Gasteiger partial charge in [0.05, 0.1) is 5.02 Å². The molecule has 0 saturated carbocycles. The second kappa shape index (κ2) is 5.39. The van der Waals surface area contributed by atoms with Gasteiger partial charge in [-0.3, -0.25) is 4.68 Å². The Balaban J connectivity index is 2.17. The van der Waals surface area contributed by atoms with Gasteiger partial charge < -0.3 is 5.73 Å². The van der Waals surface area contributed by atoms with Crippen molar-refractivity contribution in [3.8, 4) is 0 Å².